The van der Waals surface area contributed by atoms with Gasteiger partial charge in [0.15, 0.2) is 0 Å². The maximum atomic E-state index is 13.3. The molecule has 0 aromatic heterocycles. The number of nitriles is 1. The summed E-state index contributed by atoms with van der Waals surface area (Å²) < 4.78 is 5.16. The SMILES string of the molecule is C=Cc1cccc(C(C(=O)NCc2ccccc2)N(CC#N)C(=O)CNC(=O)OC(C)(C)C)c1. The monoisotopic (exact) mass is 462 g/mol. The maximum Gasteiger partial charge on any atom is 0.408 e. The van der Waals surface area contributed by atoms with Crippen LogP contribution in [0.5, 0.6) is 0 Å². The summed E-state index contributed by atoms with van der Waals surface area (Å²) in [6.45, 7) is 8.34. The van der Waals surface area contributed by atoms with E-state index in [0.29, 0.717) is 5.56 Å². The molecule has 0 bridgehead atoms. The first-order valence-electron chi connectivity index (χ1n) is 10.8. The number of nitrogens with zero attached hydrogens (tertiary/aromatic N) is 2. The normalized spacial score (nSPS) is 11.5. The van der Waals surface area contributed by atoms with E-state index in [9.17, 15) is 19.6 Å². The average molecular weight is 463 g/mol. The third-order valence-electron chi connectivity index (χ3n) is 4.68. The van der Waals surface area contributed by atoms with Gasteiger partial charge in [0.2, 0.25) is 11.8 Å². The molecule has 0 saturated heterocycles. The highest BCUT2D eigenvalue weighted by atomic mass is 16.6. The van der Waals surface area contributed by atoms with E-state index in [1.54, 1.807) is 45.0 Å². The van der Waals surface area contributed by atoms with Crippen LogP contribution in [0.2, 0.25) is 0 Å². The number of rotatable bonds is 9. The molecule has 0 aliphatic heterocycles. The van der Waals surface area contributed by atoms with Gasteiger partial charge in [-0.1, -0.05) is 61.2 Å². The third-order valence-corrected chi connectivity index (χ3v) is 4.68. The minimum atomic E-state index is -1.09. The van der Waals surface area contributed by atoms with Crippen molar-refractivity contribution in [1.82, 2.24) is 15.5 Å². The lowest BCUT2D eigenvalue weighted by molar-refractivity contribution is -0.139. The molecule has 0 fully saturated rings. The molecular weight excluding hydrogens is 432 g/mol. The van der Waals surface area contributed by atoms with E-state index in [4.69, 9.17) is 4.74 Å². The Kier molecular flexibility index (Phi) is 9.38. The quantitative estimate of drug-likeness (QED) is 0.554. The van der Waals surface area contributed by atoms with Crippen molar-refractivity contribution < 1.29 is 19.1 Å². The van der Waals surface area contributed by atoms with Crippen LogP contribution in [0.25, 0.3) is 6.08 Å². The van der Waals surface area contributed by atoms with Gasteiger partial charge in [0.05, 0.1) is 6.07 Å². The van der Waals surface area contributed by atoms with Crippen molar-refractivity contribution in [2.45, 2.75) is 39.0 Å². The number of nitrogens with one attached hydrogen (secondary N) is 2. The molecule has 3 amide bonds. The number of alkyl carbamates (subject to hydrolysis) is 1. The molecule has 178 valence electrons. The van der Waals surface area contributed by atoms with Gasteiger partial charge >= 0.3 is 6.09 Å². The van der Waals surface area contributed by atoms with Gasteiger partial charge in [0, 0.05) is 6.54 Å². The van der Waals surface area contributed by atoms with Gasteiger partial charge in [-0.3, -0.25) is 9.59 Å². The molecule has 0 spiro atoms. The fourth-order valence-electron chi connectivity index (χ4n) is 3.17. The molecule has 2 rings (SSSR count). The number of benzene rings is 2. The molecule has 0 aliphatic rings. The topological polar surface area (TPSA) is 112 Å². The fourth-order valence-corrected chi connectivity index (χ4v) is 3.17. The van der Waals surface area contributed by atoms with Gasteiger partial charge in [-0.15, -0.1) is 0 Å². The van der Waals surface area contributed by atoms with Crippen LogP contribution >= 0.6 is 0 Å². The first kappa shape index (κ1) is 26.1. The Morgan fingerprint density at radius 3 is 2.44 bits per heavy atom. The molecule has 1 unspecified atom stereocenters. The molecule has 0 heterocycles. The van der Waals surface area contributed by atoms with Crippen LogP contribution in [-0.4, -0.2) is 41.5 Å². The van der Waals surface area contributed by atoms with Gasteiger partial charge in [0.25, 0.3) is 0 Å². The molecule has 2 aromatic carbocycles. The van der Waals surface area contributed by atoms with Crippen LogP contribution < -0.4 is 10.6 Å². The van der Waals surface area contributed by atoms with E-state index in [1.165, 1.54) is 0 Å². The Bertz CT molecular complexity index is 1050. The van der Waals surface area contributed by atoms with Crippen LogP contribution in [-0.2, 0) is 20.9 Å². The van der Waals surface area contributed by atoms with E-state index in [-0.39, 0.29) is 13.1 Å². The Morgan fingerprint density at radius 2 is 1.82 bits per heavy atom. The largest absolute Gasteiger partial charge is 0.444 e. The van der Waals surface area contributed by atoms with Crippen LogP contribution in [0.4, 0.5) is 4.79 Å². The molecule has 0 aliphatic carbocycles. The van der Waals surface area contributed by atoms with E-state index >= 15 is 0 Å². The van der Waals surface area contributed by atoms with Gasteiger partial charge in [-0.25, -0.2) is 4.79 Å². The molecule has 0 radical (unpaired) electrons. The lowest BCUT2D eigenvalue weighted by Crippen LogP contribution is -2.47. The van der Waals surface area contributed by atoms with E-state index in [0.717, 1.165) is 16.0 Å². The minimum absolute atomic E-state index is 0.252. The minimum Gasteiger partial charge on any atom is -0.444 e. The van der Waals surface area contributed by atoms with Crippen molar-refractivity contribution in [2.24, 2.45) is 0 Å². The molecule has 34 heavy (non-hydrogen) atoms. The highest BCUT2D eigenvalue weighted by Crippen LogP contribution is 2.23. The first-order valence-corrected chi connectivity index (χ1v) is 10.8. The van der Waals surface area contributed by atoms with Crippen molar-refractivity contribution >= 4 is 24.0 Å². The van der Waals surface area contributed by atoms with Gasteiger partial charge < -0.3 is 20.3 Å². The summed E-state index contributed by atoms with van der Waals surface area (Å²) in [5.74, 6) is -1.05. The van der Waals surface area contributed by atoms with Crippen LogP contribution in [0.15, 0.2) is 61.2 Å². The van der Waals surface area contributed by atoms with E-state index in [1.807, 2.05) is 42.5 Å². The number of ether oxygens (including phenoxy) is 1. The predicted octanol–water partition coefficient (Wildman–Crippen LogP) is 3.56. The van der Waals surface area contributed by atoms with Crippen molar-refractivity contribution in [3.63, 3.8) is 0 Å². The van der Waals surface area contributed by atoms with Crippen LogP contribution in [0.3, 0.4) is 0 Å². The Balaban J connectivity index is 2.29. The fraction of sp³-hybridized carbons (Fsp3) is 0.308. The summed E-state index contributed by atoms with van der Waals surface area (Å²) in [6.07, 6.45) is 0.861. The second kappa shape index (κ2) is 12.2. The second-order valence-electron chi connectivity index (χ2n) is 8.52. The predicted molar refractivity (Wildman–Crippen MR) is 129 cm³/mol. The summed E-state index contributed by atoms with van der Waals surface area (Å²) in [7, 11) is 0. The maximum absolute atomic E-state index is 13.3. The van der Waals surface area contributed by atoms with Crippen LogP contribution in [0.1, 0.15) is 43.5 Å². The zero-order valence-electron chi connectivity index (χ0n) is 19.7. The van der Waals surface area contributed by atoms with Crippen molar-refractivity contribution in [3.8, 4) is 6.07 Å². The smallest absolute Gasteiger partial charge is 0.408 e. The number of hydrogen-bond donors (Lipinski definition) is 2. The molecule has 2 aromatic rings. The summed E-state index contributed by atoms with van der Waals surface area (Å²) >= 11 is 0. The number of amides is 3. The number of hydrogen-bond acceptors (Lipinski definition) is 5. The van der Waals surface area contributed by atoms with Gasteiger partial charge in [-0.05, 0) is 43.5 Å². The van der Waals surface area contributed by atoms with Gasteiger partial charge in [0.1, 0.15) is 24.7 Å². The van der Waals surface area contributed by atoms with Gasteiger partial charge in [-0.2, -0.15) is 5.26 Å². The molecule has 1 atom stereocenters. The number of carbonyl (C=O) groups excluding carboxylic acids is 3. The highest BCUT2D eigenvalue weighted by Gasteiger charge is 2.31. The summed E-state index contributed by atoms with van der Waals surface area (Å²) in [5, 5.41) is 14.6. The Labute approximate surface area is 200 Å². The summed E-state index contributed by atoms with van der Waals surface area (Å²) in [4.78, 5) is 39.5. The Morgan fingerprint density at radius 1 is 1.12 bits per heavy atom. The van der Waals surface area contributed by atoms with E-state index in [2.05, 4.69) is 17.2 Å². The van der Waals surface area contributed by atoms with Crippen LogP contribution in [0, 0.1) is 11.3 Å². The summed E-state index contributed by atoms with van der Waals surface area (Å²) in [6, 6.07) is 17.2. The second-order valence-corrected chi connectivity index (χ2v) is 8.52. The molecule has 0 saturated carbocycles. The molecular formula is C26H30N4O4. The lowest BCUT2D eigenvalue weighted by atomic mass is 10.0. The third kappa shape index (κ3) is 8.10. The molecule has 8 heteroatoms. The van der Waals surface area contributed by atoms with Crippen molar-refractivity contribution in [3.05, 3.63) is 77.9 Å². The first-order chi connectivity index (χ1) is 16.1. The molecule has 2 N–H and O–H groups in total. The standard InChI is InChI=1S/C26H30N4O4/c1-5-19-12-9-13-21(16-19)23(24(32)28-17-20-10-7-6-8-11-20)30(15-14-27)22(31)18-29-25(33)34-26(2,3)4/h5-13,16,23H,1,15,17-18H2,2-4H3,(H,28,32)(H,29,33). The Hall–Kier alpha value is -4.12. The lowest BCUT2D eigenvalue weighted by Gasteiger charge is -2.30. The zero-order valence-corrected chi connectivity index (χ0v) is 19.7. The zero-order chi connectivity index (χ0) is 25.1. The van der Waals surface area contributed by atoms with Crippen molar-refractivity contribution in [2.75, 3.05) is 13.1 Å². The molecule has 8 nitrogen and oxygen atoms in total. The van der Waals surface area contributed by atoms with Crippen molar-refractivity contribution in [1.29, 1.82) is 5.26 Å². The van der Waals surface area contributed by atoms with E-state index < -0.39 is 36.1 Å². The highest BCUT2D eigenvalue weighted by molar-refractivity contribution is 5.90. The number of carbonyl (C=O) groups is 3. The summed E-state index contributed by atoms with van der Waals surface area (Å²) in [5.41, 5.74) is 1.43. The average Bonchev–Trinajstić information content (AvgIpc) is 2.80.